The number of nitrogens with zero attached hydrogens (tertiary/aromatic N) is 4. The summed E-state index contributed by atoms with van der Waals surface area (Å²) in [4.78, 5) is 19.7. The lowest BCUT2D eigenvalue weighted by Gasteiger charge is -2.36. The molecule has 2 aromatic heterocycles. The zero-order valence-corrected chi connectivity index (χ0v) is 17.8. The van der Waals surface area contributed by atoms with Crippen LogP contribution in [0.2, 0.25) is 0 Å². The van der Waals surface area contributed by atoms with E-state index in [4.69, 9.17) is 0 Å². The number of nitrogens with one attached hydrogen (secondary N) is 1. The van der Waals surface area contributed by atoms with Gasteiger partial charge in [0.15, 0.2) is 5.82 Å². The number of pyridine rings is 1. The lowest BCUT2D eigenvalue weighted by atomic mass is 10.0. The molecule has 1 saturated heterocycles. The molecule has 4 rings (SSSR count). The Balaban J connectivity index is 0.00000150. The normalized spacial score (nSPS) is 15.9. The van der Waals surface area contributed by atoms with Crippen LogP contribution in [0.1, 0.15) is 34.6 Å². The molecule has 8 heteroatoms. The first-order chi connectivity index (χ1) is 13.3. The Morgan fingerprint density at radius 1 is 1.14 bits per heavy atom. The molecule has 1 fully saturated rings. The highest BCUT2D eigenvalue weighted by molar-refractivity contribution is 5.93. The van der Waals surface area contributed by atoms with Crippen LogP contribution in [0, 0.1) is 0 Å². The fourth-order valence-corrected chi connectivity index (χ4v) is 3.44. The predicted octanol–water partition coefficient (Wildman–Crippen LogP) is 3.46. The van der Waals surface area contributed by atoms with E-state index in [1.165, 1.54) is 5.56 Å². The second kappa shape index (κ2) is 10.4. The zero-order valence-electron chi connectivity index (χ0n) is 16.2. The Morgan fingerprint density at radius 3 is 2.62 bits per heavy atom. The van der Waals surface area contributed by atoms with Gasteiger partial charge in [0.05, 0.1) is 6.04 Å². The number of hydrogen-bond donors (Lipinski definition) is 1. The van der Waals surface area contributed by atoms with Gasteiger partial charge in [-0.25, -0.2) is 9.67 Å². The number of hydrogen-bond acceptors (Lipinski definition) is 4. The minimum absolute atomic E-state index is 0. The summed E-state index contributed by atoms with van der Waals surface area (Å²) in [5.74, 6) is 0.597. The van der Waals surface area contributed by atoms with E-state index in [0.29, 0.717) is 18.1 Å². The van der Waals surface area contributed by atoms with Crippen molar-refractivity contribution in [2.24, 2.45) is 0 Å². The van der Waals surface area contributed by atoms with Gasteiger partial charge in [0.25, 0.3) is 5.91 Å². The maximum Gasteiger partial charge on any atom is 0.273 e. The van der Waals surface area contributed by atoms with Crippen molar-refractivity contribution in [1.82, 2.24) is 25.0 Å². The molecule has 0 aliphatic carbocycles. The van der Waals surface area contributed by atoms with Gasteiger partial charge in [0.1, 0.15) is 5.69 Å². The van der Waals surface area contributed by atoms with E-state index in [9.17, 15) is 4.79 Å². The molecule has 154 valence electrons. The quantitative estimate of drug-likeness (QED) is 0.683. The number of benzene rings is 1. The van der Waals surface area contributed by atoms with Crippen LogP contribution < -0.4 is 5.32 Å². The van der Waals surface area contributed by atoms with Crippen LogP contribution in [-0.2, 0) is 6.42 Å². The van der Waals surface area contributed by atoms with Crippen molar-refractivity contribution in [3.8, 4) is 5.82 Å². The van der Waals surface area contributed by atoms with Gasteiger partial charge < -0.3 is 10.2 Å². The average Bonchev–Trinajstić information content (AvgIpc) is 3.28. The fraction of sp³-hybridized carbons (Fsp3) is 0.286. The number of rotatable bonds is 4. The first kappa shape index (κ1) is 22.9. The standard InChI is InChI=1S/C21H23N5O.2ClH/c1-2-16-7-9-17(10-8-16)19-15-22-12-14-25(19)21(27)18-5-3-6-20(24-18)26-13-4-11-23-26;;/h3-11,13,19,22H,2,12,14-15H2,1H3;2*1H. The molecule has 6 nitrogen and oxygen atoms in total. The molecule has 29 heavy (non-hydrogen) atoms. The van der Waals surface area contributed by atoms with Crippen LogP contribution in [0.5, 0.6) is 0 Å². The predicted molar refractivity (Wildman–Crippen MR) is 118 cm³/mol. The molecular formula is C21H25Cl2N5O. The molecule has 1 aliphatic heterocycles. The smallest absolute Gasteiger partial charge is 0.273 e. The second-order valence-electron chi connectivity index (χ2n) is 6.65. The minimum Gasteiger partial charge on any atom is -0.328 e. The van der Waals surface area contributed by atoms with Crippen molar-refractivity contribution >= 4 is 30.7 Å². The number of piperazine rings is 1. The van der Waals surface area contributed by atoms with Crippen molar-refractivity contribution < 1.29 is 4.79 Å². The molecule has 1 amide bonds. The Kier molecular flexibility index (Phi) is 8.20. The molecule has 1 aromatic carbocycles. The number of carbonyl (C=O) groups is 1. The maximum atomic E-state index is 13.2. The molecule has 3 heterocycles. The first-order valence-electron chi connectivity index (χ1n) is 9.34. The molecule has 1 atom stereocenters. The summed E-state index contributed by atoms with van der Waals surface area (Å²) in [5.41, 5.74) is 2.89. The minimum atomic E-state index is -0.0462. The van der Waals surface area contributed by atoms with Crippen molar-refractivity contribution in [1.29, 1.82) is 0 Å². The summed E-state index contributed by atoms with van der Waals surface area (Å²) in [6.07, 6.45) is 4.53. The number of amides is 1. The average molecular weight is 434 g/mol. The van der Waals surface area contributed by atoms with Crippen LogP contribution in [0.3, 0.4) is 0 Å². The van der Waals surface area contributed by atoms with Crippen LogP contribution in [0.25, 0.3) is 5.82 Å². The highest BCUT2D eigenvalue weighted by Gasteiger charge is 2.29. The largest absolute Gasteiger partial charge is 0.328 e. The van der Waals surface area contributed by atoms with E-state index in [1.807, 2.05) is 29.3 Å². The summed E-state index contributed by atoms with van der Waals surface area (Å²) >= 11 is 0. The van der Waals surface area contributed by atoms with Gasteiger partial charge in [-0.15, -0.1) is 24.8 Å². The first-order valence-corrected chi connectivity index (χ1v) is 9.34. The van der Waals surface area contributed by atoms with Crippen LogP contribution in [-0.4, -0.2) is 45.2 Å². The number of aryl methyl sites for hydroxylation is 1. The van der Waals surface area contributed by atoms with Gasteiger partial charge in [0.2, 0.25) is 0 Å². The van der Waals surface area contributed by atoms with E-state index in [0.717, 1.165) is 25.1 Å². The van der Waals surface area contributed by atoms with Gasteiger partial charge in [-0.3, -0.25) is 4.79 Å². The molecule has 0 saturated carbocycles. The van der Waals surface area contributed by atoms with Gasteiger partial charge in [-0.2, -0.15) is 5.10 Å². The topological polar surface area (TPSA) is 63.1 Å². The van der Waals surface area contributed by atoms with Crippen LogP contribution >= 0.6 is 24.8 Å². The summed E-state index contributed by atoms with van der Waals surface area (Å²) < 4.78 is 1.66. The third kappa shape index (κ3) is 4.96. The lowest BCUT2D eigenvalue weighted by Crippen LogP contribution is -2.48. The third-order valence-electron chi connectivity index (χ3n) is 4.97. The van der Waals surface area contributed by atoms with E-state index in [2.05, 4.69) is 46.6 Å². The van der Waals surface area contributed by atoms with Crippen molar-refractivity contribution in [3.05, 3.63) is 77.7 Å². The molecule has 1 unspecified atom stereocenters. The molecule has 1 N–H and O–H groups in total. The van der Waals surface area contributed by atoms with Gasteiger partial charge >= 0.3 is 0 Å². The van der Waals surface area contributed by atoms with Gasteiger partial charge in [0, 0.05) is 32.0 Å². The lowest BCUT2D eigenvalue weighted by molar-refractivity contribution is 0.0628. The molecule has 0 bridgehead atoms. The Labute approximate surface area is 183 Å². The third-order valence-corrected chi connectivity index (χ3v) is 4.97. The van der Waals surface area contributed by atoms with Gasteiger partial charge in [-0.1, -0.05) is 37.3 Å². The number of carbonyl (C=O) groups excluding carboxylic acids is 1. The SMILES string of the molecule is CCc1ccc(C2CNCCN2C(=O)c2cccc(-n3cccn3)n2)cc1.Cl.Cl. The van der Waals surface area contributed by atoms with Crippen molar-refractivity contribution in [3.63, 3.8) is 0 Å². The summed E-state index contributed by atoms with van der Waals surface area (Å²) in [6, 6.07) is 15.9. The molecule has 1 aliphatic rings. The van der Waals surface area contributed by atoms with E-state index >= 15 is 0 Å². The second-order valence-corrected chi connectivity index (χ2v) is 6.65. The van der Waals surface area contributed by atoms with E-state index in [1.54, 1.807) is 16.9 Å². The highest BCUT2D eigenvalue weighted by Crippen LogP contribution is 2.24. The molecule has 0 radical (unpaired) electrons. The maximum absolute atomic E-state index is 13.2. The Bertz CT molecular complexity index is 915. The number of aromatic nitrogens is 3. The van der Waals surface area contributed by atoms with Crippen molar-refractivity contribution in [2.45, 2.75) is 19.4 Å². The van der Waals surface area contributed by atoms with E-state index in [-0.39, 0.29) is 36.8 Å². The van der Waals surface area contributed by atoms with Crippen molar-refractivity contribution in [2.75, 3.05) is 19.6 Å². The monoisotopic (exact) mass is 433 g/mol. The molecular weight excluding hydrogens is 409 g/mol. The summed E-state index contributed by atoms with van der Waals surface area (Å²) in [5, 5.41) is 7.60. The zero-order chi connectivity index (χ0) is 18.6. The number of halogens is 2. The highest BCUT2D eigenvalue weighted by atomic mass is 35.5. The summed E-state index contributed by atoms with van der Waals surface area (Å²) in [6.45, 7) is 4.34. The fourth-order valence-electron chi connectivity index (χ4n) is 3.44. The van der Waals surface area contributed by atoms with Gasteiger partial charge in [-0.05, 0) is 35.7 Å². The molecule has 3 aromatic rings. The van der Waals surface area contributed by atoms with E-state index < -0.39 is 0 Å². The van der Waals surface area contributed by atoms with Crippen LogP contribution in [0.4, 0.5) is 0 Å². The molecule has 0 spiro atoms. The summed E-state index contributed by atoms with van der Waals surface area (Å²) in [7, 11) is 0. The Hall–Kier alpha value is -2.41. The van der Waals surface area contributed by atoms with Crippen LogP contribution in [0.15, 0.2) is 60.9 Å². The Morgan fingerprint density at radius 2 is 1.93 bits per heavy atom.